The summed E-state index contributed by atoms with van der Waals surface area (Å²) in [5.74, 6) is 0.251. The van der Waals surface area contributed by atoms with Gasteiger partial charge >= 0.3 is 0 Å². The van der Waals surface area contributed by atoms with Gasteiger partial charge in [0.25, 0.3) is 5.91 Å². The average Bonchev–Trinajstić information content (AvgIpc) is 3.28. The van der Waals surface area contributed by atoms with E-state index >= 15 is 0 Å². The largest absolute Gasteiger partial charge is 0.492 e. The third kappa shape index (κ3) is 4.44. The summed E-state index contributed by atoms with van der Waals surface area (Å²) in [7, 11) is 0. The average molecular weight is 470 g/mol. The van der Waals surface area contributed by atoms with Gasteiger partial charge in [-0.3, -0.25) is 4.79 Å². The second-order valence-electron chi connectivity index (χ2n) is 9.13. The monoisotopic (exact) mass is 469 g/mol. The Kier molecular flexibility index (Phi) is 5.78. The van der Waals surface area contributed by atoms with Crippen LogP contribution in [0, 0.1) is 23.1 Å². The number of amides is 1. The summed E-state index contributed by atoms with van der Waals surface area (Å²) >= 11 is 6.00. The maximum absolute atomic E-state index is 14.0. The van der Waals surface area contributed by atoms with E-state index in [4.69, 9.17) is 21.7 Å². The number of aromatic nitrogens is 3. The van der Waals surface area contributed by atoms with Crippen LogP contribution in [0.25, 0.3) is 5.65 Å². The summed E-state index contributed by atoms with van der Waals surface area (Å²) in [5, 5.41) is 13.1. The minimum absolute atomic E-state index is 0.184. The number of fused-ring (bicyclic) bond motifs is 3. The van der Waals surface area contributed by atoms with Crippen molar-refractivity contribution in [3.05, 3.63) is 58.3 Å². The minimum atomic E-state index is -0.452. The number of hydrogen-bond donors (Lipinski definition) is 1. The highest BCUT2D eigenvalue weighted by molar-refractivity contribution is 6.30. The molecule has 1 saturated carbocycles. The summed E-state index contributed by atoms with van der Waals surface area (Å²) in [5.41, 5.74) is 3.39. The number of halogens is 2. The smallest absolute Gasteiger partial charge is 0.258 e. The van der Waals surface area contributed by atoms with E-state index in [1.807, 2.05) is 0 Å². The number of benzene rings is 1. The van der Waals surface area contributed by atoms with Gasteiger partial charge < -0.3 is 15.0 Å². The lowest BCUT2D eigenvalue weighted by atomic mass is 9.95. The molecule has 3 heterocycles. The van der Waals surface area contributed by atoms with Gasteiger partial charge in [0, 0.05) is 23.5 Å². The van der Waals surface area contributed by atoms with Crippen LogP contribution in [0.4, 0.5) is 4.39 Å². The number of hydrogen-bond acceptors (Lipinski definition) is 5. The fourth-order valence-electron chi connectivity index (χ4n) is 4.80. The molecule has 1 aliphatic carbocycles. The van der Waals surface area contributed by atoms with Gasteiger partial charge in [0.2, 0.25) is 0 Å². The second kappa shape index (κ2) is 8.74. The van der Waals surface area contributed by atoms with E-state index in [1.54, 1.807) is 21.8 Å². The van der Waals surface area contributed by atoms with Gasteiger partial charge in [0.15, 0.2) is 5.65 Å². The van der Waals surface area contributed by atoms with Crippen LogP contribution >= 0.6 is 11.6 Å². The van der Waals surface area contributed by atoms with Gasteiger partial charge in [-0.1, -0.05) is 18.5 Å². The van der Waals surface area contributed by atoms with Gasteiger partial charge in [0.05, 0.1) is 42.2 Å². The quantitative estimate of drug-likeness (QED) is 0.551. The zero-order chi connectivity index (χ0) is 23.1. The van der Waals surface area contributed by atoms with Gasteiger partial charge in [-0.25, -0.2) is 13.9 Å². The first-order valence-electron chi connectivity index (χ1n) is 11.2. The van der Waals surface area contributed by atoms with Crippen molar-refractivity contribution in [2.45, 2.75) is 45.7 Å². The SMILES string of the molecule is CC1CCC(=N)C[C@@H](COc2cc(F)ccc2C(=O)N2Cc3nn4cc(Cl)cnc4c3C2)C1. The zero-order valence-electron chi connectivity index (χ0n) is 18.4. The molecular formula is C24H25ClFN5O2. The molecule has 3 aromatic rings. The van der Waals surface area contributed by atoms with Crippen molar-refractivity contribution < 1.29 is 13.9 Å². The Labute approximate surface area is 196 Å². The Balaban J connectivity index is 1.33. The number of carbonyl (C=O) groups is 1. The summed E-state index contributed by atoms with van der Waals surface area (Å²) in [6, 6.07) is 4.03. The minimum Gasteiger partial charge on any atom is -0.492 e. The van der Waals surface area contributed by atoms with E-state index in [-0.39, 0.29) is 17.6 Å². The molecule has 1 fully saturated rings. The van der Waals surface area contributed by atoms with Crippen LogP contribution in [0.15, 0.2) is 30.6 Å². The topological polar surface area (TPSA) is 83.6 Å². The van der Waals surface area contributed by atoms with Crippen molar-refractivity contribution in [3.8, 4) is 5.75 Å². The van der Waals surface area contributed by atoms with Crippen LogP contribution in [-0.2, 0) is 13.1 Å². The summed E-state index contributed by atoms with van der Waals surface area (Å²) < 4.78 is 21.7. The summed E-state index contributed by atoms with van der Waals surface area (Å²) in [4.78, 5) is 19.4. The molecule has 7 nitrogen and oxygen atoms in total. The van der Waals surface area contributed by atoms with E-state index in [2.05, 4.69) is 17.0 Å². The number of nitrogens with one attached hydrogen (secondary N) is 1. The zero-order valence-corrected chi connectivity index (χ0v) is 19.1. The molecule has 5 rings (SSSR count). The normalized spacial score (nSPS) is 20.7. The van der Waals surface area contributed by atoms with Crippen molar-refractivity contribution in [3.63, 3.8) is 0 Å². The van der Waals surface area contributed by atoms with Crippen LogP contribution in [-0.4, -0.2) is 37.7 Å². The third-order valence-electron chi connectivity index (χ3n) is 6.45. The molecule has 0 bridgehead atoms. The first kappa shape index (κ1) is 21.8. The highest BCUT2D eigenvalue weighted by atomic mass is 35.5. The molecule has 9 heteroatoms. The first-order chi connectivity index (χ1) is 15.9. The van der Waals surface area contributed by atoms with Crippen molar-refractivity contribution >= 4 is 28.9 Å². The Hall–Kier alpha value is -3.00. The number of carbonyl (C=O) groups excluding carboxylic acids is 1. The lowest BCUT2D eigenvalue weighted by Crippen LogP contribution is -2.27. The van der Waals surface area contributed by atoms with E-state index in [0.29, 0.717) is 48.3 Å². The van der Waals surface area contributed by atoms with Crippen molar-refractivity contribution in [1.82, 2.24) is 19.5 Å². The molecule has 1 unspecified atom stereocenters. The van der Waals surface area contributed by atoms with Crippen molar-refractivity contribution in [2.75, 3.05) is 6.61 Å². The Bertz CT molecular complexity index is 1240. The molecule has 1 aliphatic heterocycles. The molecule has 2 aliphatic rings. The first-order valence-corrected chi connectivity index (χ1v) is 11.5. The third-order valence-corrected chi connectivity index (χ3v) is 6.65. The van der Waals surface area contributed by atoms with E-state index in [1.165, 1.54) is 18.2 Å². The van der Waals surface area contributed by atoms with Crippen LogP contribution in [0.2, 0.25) is 5.02 Å². The molecule has 1 amide bonds. The van der Waals surface area contributed by atoms with Gasteiger partial charge in [-0.15, -0.1) is 0 Å². The maximum Gasteiger partial charge on any atom is 0.258 e. The molecule has 0 radical (unpaired) electrons. The number of ether oxygens (including phenoxy) is 1. The van der Waals surface area contributed by atoms with Crippen LogP contribution < -0.4 is 4.74 Å². The van der Waals surface area contributed by atoms with Crippen LogP contribution in [0.1, 0.15) is 54.2 Å². The molecule has 0 spiro atoms. The standard InChI is InChI=1S/C24H25ClFN5O2/c1-14-2-4-18(27)7-15(6-14)13-33-22-8-17(26)3-5-19(22)24(32)30-11-20-21(12-30)29-31-10-16(25)9-28-23(20)31/h3,5,8-10,14-15,27H,2,4,6-7,11-13H2,1H3/t14?,15-/m0/s1. The predicted molar refractivity (Wildman–Crippen MR) is 122 cm³/mol. The molecule has 0 saturated heterocycles. The molecule has 172 valence electrons. The van der Waals surface area contributed by atoms with Gasteiger partial charge in [-0.05, 0) is 49.7 Å². The van der Waals surface area contributed by atoms with E-state index in [9.17, 15) is 9.18 Å². The number of rotatable bonds is 4. The fourth-order valence-corrected chi connectivity index (χ4v) is 4.95. The van der Waals surface area contributed by atoms with E-state index < -0.39 is 5.82 Å². The Morgan fingerprint density at radius 3 is 3.06 bits per heavy atom. The maximum atomic E-state index is 14.0. The van der Waals surface area contributed by atoms with Crippen LogP contribution in [0.5, 0.6) is 5.75 Å². The van der Waals surface area contributed by atoms with Crippen molar-refractivity contribution in [2.24, 2.45) is 11.8 Å². The molecule has 33 heavy (non-hydrogen) atoms. The summed E-state index contributed by atoms with van der Waals surface area (Å²) in [6.07, 6.45) is 6.72. The Morgan fingerprint density at radius 2 is 2.21 bits per heavy atom. The molecule has 2 aromatic heterocycles. The van der Waals surface area contributed by atoms with Gasteiger partial charge in [-0.2, -0.15) is 5.10 Å². The lowest BCUT2D eigenvalue weighted by molar-refractivity contribution is 0.0744. The predicted octanol–water partition coefficient (Wildman–Crippen LogP) is 4.90. The van der Waals surface area contributed by atoms with Gasteiger partial charge in [0.1, 0.15) is 11.6 Å². The molecule has 2 atom stereocenters. The fraction of sp³-hybridized carbons (Fsp3) is 0.417. The number of nitrogens with zero attached hydrogens (tertiary/aromatic N) is 4. The second-order valence-corrected chi connectivity index (χ2v) is 9.57. The highest BCUT2D eigenvalue weighted by Crippen LogP contribution is 2.31. The van der Waals surface area contributed by atoms with Crippen molar-refractivity contribution in [1.29, 1.82) is 5.41 Å². The molecular weight excluding hydrogens is 445 g/mol. The molecule has 1 N–H and O–H groups in total. The van der Waals surface area contributed by atoms with E-state index in [0.717, 1.165) is 36.2 Å². The Morgan fingerprint density at radius 1 is 1.36 bits per heavy atom. The summed E-state index contributed by atoms with van der Waals surface area (Å²) in [6.45, 7) is 3.24. The molecule has 1 aromatic carbocycles. The van der Waals surface area contributed by atoms with Crippen LogP contribution in [0.3, 0.4) is 0 Å². The highest BCUT2D eigenvalue weighted by Gasteiger charge is 2.31. The lowest BCUT2D eigenvalue weighted by Gasteiger charge is -2.21.